The molecule has 0 spiro atoms. The molecule has 86 valence electrons. The molecule has 1 heterocycles. The zero-order chi connectivity index (χ0) is 11.3. The predicted octanol–water partition coefficient (Wildman–Crippen LogP) is -0.536. The van der Waals surface area contributed by atoms with E-state index in [1.54, 1.807) is 0 Å². The lowest BCUT2D eigenvalue weighted by atomic mass is 10.3. The SMILES string of the molecule is CN1CCC(NC(=O)NCCC(=O)O)C1. The highest BCUT2D eigenvalue weighted by Crippen LogP contribution is 2.05. The minimum Gasteiger partial charge on any atom is -0.481 e. The smallest absolute Gasteiger partial charge is 0.315 e. The Hall–Kier alpha value is -1.30. The highest BCUT2D eigenvalue weighted by Gasteiger charge is 2.20. The van der Waals surface area contributed by atoms with Gasteiger partial charge >= 0.3 is 12.0 Å². The van der Waals surface area contributed by atoms with Crippen LogP contribution in [-0.2, 0) is 4.79 Å². The third kappa shape index (κ3) is 4.64. The van der Waals surface area contributed by atoms with Crippen LogP contribution in [0.1, 0.15) is 12.8 Å². The van der Waals surface area contributed by atoms with Crippen LogP contribution in [0.2, 0.25) is 0 Å². The summed E-state index contributed by atoms with van der Waals surface area (Å²) >= 11 is 0. The number of carboxylic acids is 1. The Morgan fingerprint density at radius 2 is 2.27 bits per heavy atom. The van der Waals surface area contributed by atoms with Crippen molar-refractivity contribution >= 4 is 12.0 Å². The van der Waals surface area contributed by atoms with E-state index in [-0.39, 0.29) is 25.0 Å². The zero-order valence-electron chi connectivity index (χ0n) is 8.82. The van der Waals surface area contributed by atoms with Gasteiger partial charge in [0.05, 0.1) is 6.42 Å². The summed E-state index contributed by atoms with van der Waals surface area (Å²) in [6, 6.07) is -0.101. The molecule has 0 aromatic rings. The Morgan fingerprint density at radius 1 is 1.53 bits per heavy atom. The van der Waals surface area contributed by atoms with E-state index in [9.17, 15) is 9.59 Å². The molecule has 1 aliphatic rings. The summed E-state index contributed by atoms with van der Waals surface area (Å²) in [4.78, 5) is 23.6. The number of nitrogens with zero attached hydrogens (tertiary/aromatic N) is 1. The molecule has 1 rings (SSSR count). The number of likely N-dealkylation sites (N-methyl/N-ethyl adjacent to an activating group) is 1. The lowest BCUT2D eigenvalue weighted by Crippen LogP contribution is -2.43. The lowest BCUT2D eigenvalue weighted by molar-refractivity contribution is -0.136. The number of aliphatic carboxylic acids is 1. The minimum atomic E-state index is -0.907. The van der Waals surface area contributed by atoms with E-state index in [1.165, 1.54) is 0 Å². The van der Waals surface area contributed by atoms with Crippen LogP contribution >= 0.6 is 0 Å². The molecular formula is C9H17N3O3. The van der Waals surface area contributed by atoms with E-state index in [1.807, 2.05) is 7.05 Å². The summed E-state index contributed by atoms with van der Waals surface area (Å²) in [7, 11) is 2.00. The molecule has 1 unspecified atom stereocenters. The van der Waals surface area contributed by atoms with Crippen LogP contribution in [0.5, 0.6) is 0 Å². The molecule has 0 aliphatic carbocycles. The van der Waals surface area contributed by atoms with Gasteiger partial charge in [-0.05, 0) is 20.0 Å². The maximum absolute atomic E-state index is 11.3. The lowest BCUT2D eigenvalue weighted by Gasteiger charge is -2.13. The number of amides is 2. The molecule has 0 radical (unpaired) electrons. The fraction of sp³-hybridized carbons (Fsp3) is 0.778. The standard InChI is InChI=1S/C9H17N3O3/c1-12-5-3-7(6-12)11-9(15)10-4-2-8(13)14/h7H,2-6H2,1H3,(H,13,14)(H2,10,11,15). The van der Waals surface area contributed by atoms with Crippen molar-refractivity contribution in [2.24, 2.45) is 0 Å². The summed E-state index contributed by atoms with van der Waals surface area (Å²) in [5, 5.41) is 13.7. The van der Waals surface area contributed by atoms with E-state index in [4.69, 9.17) is 5.11 Å². The number of hydrogen-bond donors (Lipinski definition) is 3. The maximum atomic E-state index is 11.3. The van der Waals surface area contributed by atoms with E-state index in [0.717, 1.165) is 19.5 Å². The quantitative estimate of drug-likeness (QED) is 0.588. The van der Waals surface area contributed by atoms with Gasteiger partial charge in [-0.2, -0.15) is 0 Å². The average Bonchev–Trinajstić information content (AvgIpc) is 2.50. The van der Waals surface area contributed by atoms with Gasteiger partial charge in [0.2, 0.25) is 0 Å². The average molecular weight is 215 g/mol. The fourth-order valence-electron chi connectivity index (χ4n) is 1.57. The number of rotatable bonds is 4. The summed E-state index contributed by atoms with van der Waals surface area (Å²) in [5.74, 6) is -0.907. The molecule has 6 nitrogen and oxygen atoms in total. The number of carbonyl (C=O) groups is 2. The van der Waals surface area contributed by atoms with Crippen molar-refractivity contribution in [3.63, 3.8) is 0 Å². The third-order valence-electron chi connectivity index (χ3n) is 2.35. The van der Waals surface area contributed by atoms with E-state index < -0.39 is 5.97 Å². The Labute approximate surface area is 88.6 Å². The van der Waals surface area contributed by atoms with E-state index in [2.05, 4.69) is 15.5 Å². The van der Waals surface area contributed by atoms with Crippen molar-refractivity contribution in [1.82, 2.24) is 15.5 Å². The number of carboxylic acid groups (broad SMARTS) is 1. The molecule has 1 saturated heterocycles. The van der Waals surface area contributed by atoms with Crippen molar-refractivity contribution in [2.45, 2.75) is 18.9 Å². The van der Waals surface area contributed by atoms with E-state index in [0.29, 0.717) is 0 Å². The molecule has 1 aliphatic heterocycles. The summed E-state index contributed by atoms with van der Waals surface area (Å²) in [6.07, 6.45) is 0.904. The second-order valence-corrected chi connectivity index (χ2v) is 3.79. The van der Waals surface area contributed by atoms with Crippen LogP contribution in [0.4, 0.5) is 4.79 Å². The molecule has 1 atom stereocenters. The first-order valence-electron chi connectivity index (χ1n) is 5.02. The molecule has 15 heavy (non-hydrogen) atoms. The van der Waals surface area contributed by atoms with Crippen molar-refractivity contribution in [2.75, 3.05) is 26.7 Å². The van der Waals surface area contributed by atoms with Crippen LogP contribution in [0, 0.1) is 0 Å². The van der Waals surface area contributed by atoms with Gasteiger partial charge in [0, 0.05) is 19.1 Å². The van der Waals surface area contributed by atoms with Gasteiger partial charge in [0.25, 0.3) is 0 Å². The molecule has 1 fully saturated rings. The Morgan fingerprint density at radius 3 is 2.80 bits per heavy atom. The zero-order valence-corrected chi connectivity index (χ0v) is 8.82. The molecule has 0 aromatic carbocycles. The Kier molecular flexibility index (Phi) is 4.36. The second kappa shape index (κ2) is 5.55. The summed E-state index contributed by atoms with van der Waals surface area (Å²) in [6.45, 7) is 2.01. The highest BCUT2D eigenvalue weighted by atomic mass is 16.4. The van der Waals surface area contributed by atoms with Crippen LogP contribution in [0.15, 0.2) is 0 Å². The fourth-order valence-corrected chi connectivity index (χ4v) is 1.57. The van der Waals surface area contributed by atoms with Crippen LogP contribution in [0.25, 0.3) is 0 Å². The monoisotopic (exact) mass is 215 g/mol. The van der Waals surface area contributed by atoms with Crippen LogP contribution < -0.4 is 10.6 Å². The maximum Gasteiger partial charge on any atom is 0.315 e. The number of urea groups is 1. The first-order chi connectivity index (χ1) is 7.08. The molecule has 0 aromatic heterocycles. The van der Waals surface area contributed by atoms with Crippen molar-refractivity contribution in [3.8, 4) is 0 Å². The summed E-state index contributed by atoms with van der Waals surface area (Å²) in [5.41, 5.74) is 0. The number of nitrogens with one attached hydrogen (secondary N) is 2. The minimum absolute atomic E-state index is 0.0437. The Bertz CT molecular complexity index is 245. The number of hydrogen-bond acceptors (Lipinski definition) is 3. The van der Waals surface area contributed by atoms with Gasteiger partial charge in [-0.1, -0.05) is 0 Å². The van der Waals surface area contributed by atoms with Gasteiger partial charge in [-0.15, -0.1) is 0 Å². The summed E-state index contributed by atoms with van der Waals surface area (Å²) < 4.78 is 0. The van der Waals surface area contributed by atoms with Crippen molar-refractivity contribution < 1.29 is 14.7 Å². The van der Waals surface area contributed by atoms with Gasteiger partial charge in [0.1, 0.15) is 0 Å². The normalized spacial score (nSPS) is 21.3. The van der Waals surface area contributed by atoms with Gasteiger partial charge < -0.3 is 20.6 Å². The number of likely N-dealkylation sites (tertiary alicyclic amines) is 1. The first-order valence-corrected chi connectivity index (χ1v) is 5.02. The van der Waals surface area contributed by atoms with Crippen LogP contribution in [0.3, 0.4) is 0 Å². The Balaban J connectivity index is 2.10. The predicted molar refractivity (Wildman–Crippen MR) is 54.7 cm³/mol. The number of carbonyl (C=O) groups excluding carboxylic acids is 1. The molecule has 3 N–H and O–H groups in total. The molecule has 6 heteroatoms. The molecule has 0 bridgehead atoms. The van der Waals surface area contributed by atoms with Crippen molar-refractivity contribution in [1.29, 1.82) is 0 Å². The topological polar surface area (TPSA) is 81.7 Å². The highest BCUT2D eigenvalue weighted by molar-refractivity contribution is 5.75. The molecule has 0 saturated carbocycles. The largest absolute Gasteiger partial charge is 0.481 e. The molecule has 2 amide bonds. The third-order valence-corrected chi connectivity index (χ3v) is 2.35. The second-order valence-electron chi connectivity index (χ2n) is 3.79. The molecular weight excluding hydrogens is 198 g/mol. The van der Waals surface area contributed by atoms with Crippen LogP contribution in [-0.4, -0.2) is 54.7 Å². The van der Waals surface area contributed by atoms with Gasteiger partial charge in [-0.3, -0.25) is 4.79 Å². The first kappa shape index (κ1) is 11.8. The van der Waals surface area contributed by atoms with Gasteiger partial charge in [-0.25, -0.2) is 4.79 Å². The van der Waals surface area contributed by atoms with Gasteiger partial charge in [0.15, 0.2) is 0 Å². The van der Waals surface area contributed by atoms with E-state index >= 15 is 0 Å². The van der Waals surface area contributed by atoms with Crippen molar-refractivity contribution in [3.05, 3.63) is 0 Å².